The van der Waals surface area contributed by atoms with Crippen LogP contribution in [0.2, 0.25) is 0 Å². The zero-order valence-electron chi connectivity index (χ0n) is 17.8. The first-order valence-electron chi connectivity index (χ1n) is 9.94. The van der Waals surface area contributed by atoms with Gasteiger partial charge in [0.25, 0.3) is 5.91 Å². The van der Waals surface area contributed by atoms with Gasteiger partial charge in [-0.15, -0.1) is 0 Å². The Kier molecular flexibility index (Phi) is 8.84. The van der Waals surface area contributed by atoms with Crippen molar-refractivity contribution >= 4 is 27.7 Å². The van der Waals surface area contributed by atoms with Gasteiger partial charge in [-0.3, -0.25) is 9.59 Å². The Hall–Kier alpha value is -2.41. The lowest BCUT2D eigenvalue weighted by Gasteiger charge is -2.28. The minimum Gasteiger partial charge on any atom is -0.484 e. The van der Waals surface area contributed by atoms with Crippen LogP contribution in [0.1, 0.15) is 37.0 Å². The van der Waals surface area contributed by atoms with Gasteiger partial charge in [0.1, 0.15) is 17.6 Å². The normalized spacial score (nSPS) is 11.7. The zero-order valence-corrected chi connectivity index (χ0v) is 19.4. The van der Waals surface area contributed by atoms with E-state index in [0.29, 0.717) is 12.3 Å². The third-order valence-electron chi connectivity index (χ3n) is 4.75. The predicted molar refractivity (Wildman–Crippen MR) is 119 cm³/mol. The van der Waals surface area contributed by atoms with E-state index >= 15 is 0 Å². The van der Waals surface area contributed by atoms with Crippen molar-refractivity contribution < 1.29 is 18.7 Å². The minimum absolute atomic E-state index is 0.182. The fourth-order valence-corrected chi connectivity index (χ4v) is 3.21. The zero-order chi connectivity index (χ0) is 22.3. The van der Waals surface area contributed by atoms with E-state index in [4.69, 9.17) is 4.74 Å². The first-order valence-corrected chi connectivity index (χ1v) is 10.7. The lowest BCUT2D eigenvalue weighted by atomic mass is 10.1. The van der Waals surface area contributed by atoms with Gasteiger partial charge in [0.2, 0.25) is 5.91 Å². The molecule has 2 rings (SSSR count). The molecule has 0 aliphatic carbocycles. The summed E-state index contributed by atoms with van der Waals surface area (Å²) in [6, 6.07) is 8.90. The molecule has 2 aromatic carbocycles. The van der Waals surface area contributed by atoms with Crippen molar-refractivity contribution in [1.29, 1.82) is 0 Å². The van der Waals surface area contributed by atoms with Crippen molar-refractivity contribution in [3.63, 3.8) is 0 Å². The number of carbonyl (C=O) groups excluding carboxylic acids is 2. The monoisotopic (exact) mass is 478 g/mol. The van der Waals surface area contributed by atoms with Gasteiger partial charge in [0, 0.05) is 17.6 Å². The Labute approximate surface area is 185 Å². The van der Waals surface area contributed by atoms with Gasteiger partial charge in [0.05, 0.1) is 0 Å². The molecule has 0 spiro atoms. The molecule has 162 valence electrons. The number of hydrogen-bond donors (Lipinski definition) is 1. The summed E-state index contributed by atoms with van der Waals surface area (Å²) in [5.41, 5.74) is 2.75. The highest BCUT2D eigenvalue weighted by atomic mass is 79.9. The number of hydrogen-bond acceptors (Lipinski definition) is 3. The molecule has 0 fully saturated rings. The van der Waals surface area contributed by atoms with Crippen LogP contribution in [0, 0.1) is 19.7 Å². The van der Waals surface area contributed by atoms with Crippen LogP contribution < -0.4 is 10.1 Å². The first-order chi connectivity index (χ1) is 14.2. The van der Waals surface area contributed by atoms with Crippen molar-refractivity contribution in [2.75, 3.05) is 13.2 Å². The van der Waals surface area contributed by atoms with Crippen molar-refractivity contribution in [1.82, 2.24) is 10.2 Å². The number of ether oxygens (including phenoxy) is 1. The van der Waals surface area contributed by atoms with Gasteiger partial charge < -0.3 is 15.0 Å². The highest BCUT2D eigenvalue weighted by Crippen LogP contribution is 2.26. The van der Waals surface area contributed by atoms with E-state index in [1.54, 1.807) is 19.1 Å². The quantitative estimate of drug-likeness (QED) is 0.575. The predicted octanol–water partition coefficient (Wildman–Crippen LogP) is 4.53. The maximum atomic E-state index is 13.2. The molecule has 0 aliphatic rings. The molecule has 2 aromatic rings. The Morgan fingerprint density at radius 2 is 1.77 bits per heavy atom. The Morgan fingerprint density at radius 1 is 1.17 bits per heavy atom. The second-order valence-electron chi connectivity index (χ2n) is 7.27. The average molecular weight is 479 g/mol. The molecule has 30 heavy (non-hydrogen) atoms. The van der Waals surface area contributed by atoms with Crippen molar-refractivity contribution in [2.45, 2.75) is 46.7 Å². The summed E-state index contributed by atoms with van der Waals surface area (Å²) in [4.78, 5) is 26.9. The third kappa shape index (κ3) is 6.55. The second-order valence-corrected chi connectivity index (χ2v) is 8.07. The molecule has 0 aliphatic heterocycles. The summed E-state index contributed by atoms with van der Waals surface area (Å²) < 4.78 is 20.0. The molecule has 0 radical (unpaired) electrons. The minimum atomic E-state index is -0.689. The maximum absolute atomic E-state index is 13.2. The largest absolute Gasteiger partial charge is 0.484 e. The summed E-state index contributed by atoms with van der Waals surface area (Å²) in [7, 11) is 0. The van der Waals surface area contributed by atoms with Crippen LogP contribution in [-0.2, 0) is 16.1 Å². The topological polar surface area (TPSA) is 58.6 Å². The maximum Gasteiger partial charge on any atom is 0.261 e. The van der Waals surface area contributed by atoms with E-state index in [2.05, 4.69) is 21.2 Å². The van der Waals surface area contributed by atoms with E-state index in [9.17, 15) is 14.0 Å². The molecule has 7 heteroatoms. The van der Waals surface area contributed by atoms with Crippen LogP contribution in [-0.4, -0.2) is 35.9 Å². The van der Waals surface area contributed by atoms with E-state index in [1.165, 1.54) is 17.0 Å². The SMILES string of the molecule is CCCNC(=O)C(C)N(Cc1ccc(F)cc1)C(=O)COc1cc(C)c(Br)c(C)c1. The van der Waals surface area contributed by atoms with Crippen molar-refractivity contribution in [2.24, 2.45) is 0 Å². The number of halogens is 2. The van der Waals surface area contributed by atoms with Gasteiger partial charge in [-0.05, 0) is 68.1 Å². The van der Waals surface area contributed by atoms with Crippen LogP contribution in [0.5, 0.6) is 5.75 Å². The summed E-state index contributed by atoms with van der Waals surface area (Å²) in [6.45, 7) is 8.06. The molecule has 0 saturated heterocycles. The summed E-state index contributed by atoms with van der Waals surface area (Å²) in [5, 5.41) is 2.82. The Bertz CT molecular complexity index is 864. The van der Waals surface area contributed by atoms with Crippen LogP contribution in [0.4, 0.5) is 4.39 Å². The van der Waals surface area contributed by atoms with Crippen molar-refractivity contribution in [3.8, 4) is 5.75 Å². The molecule has 0 saturated carbocycles. The molecule has 2 amide bonds. The number of rotatable bonds is 9. The molecule has 1 atom stereocenters. The van der Waals surface area contributed by atoms with Gasteiger partial charge in [-0.25, -0.2) is 4.39 Å². The Morgan fingerprint density at radius 3 is 2.33 bits per heavy atom. The van der Waals surface area contributed by atoms with Gasteiger partial charge >= 0.3 is 0 Å². The summed E-state index contributed by atoms with van der Waals surface area (Å²) in [5.74, 6) is -0.319. The molecule has 0 bridgehead atoms. The number of nitrogens with zero attached hydrogens (tertiary/aromatic N) is 1. The van der Waals surface area contributed by atoms with Crippen LogP contribution in [0.15, 0.2) is 40.9 Å². The smallest absolute Gasteiger partial charge is 0.261 e. The van der Waals surface area contributed by atoms with E-state index in [1.807, 2.05) is 32.9 Å². The molecule has 5 nitrogen and oxygen atoms in total. The lowest BCUT2D eigenvalue weighted by Crippen LogP contribution is -2.49. The highest BCUT2D eigenvalue weighted by molar-refractivity contribution is 9.10. The fourth-order valence-electron chi connectivity index (χ4n) is 2.98. The molecular weight excluding hydrogens is 451 g/mol. The van der Waals surface area contributed by atoms with E-state index in [0.717, 1.165) is 27.6 Å². The Balaban J connectivity index is 2.16. The van der Waals surface area contributed by atoms with Crippen LogP contribution in [0.25, 0.3) is 0 Å². The van der Waals surface area contributed by atoms with Gasteiger partial charge in [-0.1, -0.05) is 35.0 Å². The number of nitrogens with one attached hydrogen (secondary N) is 1. The van der Waals surface area contributed by atoms with Crippen molar-refractivity contribution in [3.05, 3.63) is 63.4 Å². The number of carbonyl (C=O) groups is 2. The number of amides is 2. The number of benzene rings is 2. The lowest BCUT2D eigenvalue weighted by molar-refractivity contribution is -0.142. The standard InChI is InChI=1S/C23H28BrFN2O3/c1-5-10-26-23(29)17(4)27(13-18-6-8-19(25)9-7-18)21(28)14-30-20-11-15(2)22(24)16(3)12-20/h6-9,11-12,17H,5,10,13-14H2,1-4H3,(H,26,29). The highest BCUT2D eigenvalue weighted by Gasteiger charge is 2.26. The fraction of sp³-hybridized carbons (Fsp3) is 0.391. The molecule has 0 aromatic heterocycles. The summed E-state index contributed by atoms with van der Waals surface area (Å²) in [6.07, 6.45) is 0.801. The van der Waals surface area contributed by atoms with Crippen LogP contribution in [0.3, 0.4) is 0 Å². The molecule has 0 heterocycles. The molecule has 1 N–H and O–H groups in total. The van der Waals surface area contributed by atoms with Crippen LogP contribution >= 0.6 is 15.9 Å². The van der Waals surface area contributed by atoms with E-state index < -0.39 is 6.04 Å². The average Bonchev–Trinajstić information content (AvgIpc) is 2.73. The van der Waals surface area contributed by atoms with Gasteiger partial charge in [-0.2, -0.15) is 0 Å². The molecule has 1 unspecified atom stereocenters. The first kappa shape index (κ1) is 23.9. The number of aryl methyl sites for hydroxylation is 2. The van der Waals surface area contributed by atoms with E-state index in [-0.39, 0.29) is 30.8 Å². The van der Waals surface area contributed by atoms with Gasteiger partial charge in [0.15, 0.2) is 6.61 Å². The second kappa shape index (κ2) is 11.1. The molecular formula is C23H28BrFN2O3. The third-order valence-corrected chi connectivity index (χ3v) is 6.01. The summed E-state index contributed by atoms with van der Waals surface area (Å²) >= 11 is 3.51.